The lowest BCUT2D eigenvalue weighted by Gasteiger charge is -2.33. The number of rotatable bonds is 4. The van der Waals surface area contributed by atoms with E-state index in [4.69, 9.17) is 4.74 Å². The summed E-state index contributed by atoms with van der Waals surface area (Å²) in [4.78, 5) is 30.6. The van der Waals surface area contributed by atoms with Crippen LogP contribution in [0.1, 0.15) is 58.9 Å². The summed E-state index contributed by atoms with van der Waals surface area (Å²) in [6.45, 7) is 3.77. The quantitative estimate of drug-likeness (QED) is 0.416. The highest BCUT2D eigenvalue weighted by atomic mass is 19.1. The van der Waals surface area contributed by atoms with Gasteiger partial charge in [-0.2, -0.15) is 0 Å². The van der Waals surface area contributed by atoms with E-state index in [2.05, 4.69) is 0 Å². The van der Waals surface area contributed by atoms with Gasteiger partial charge >= 0.3 is 0 Å². The molecule has 0 aromatic heterocycles. The molecule has 1 aliphatic rings. The van der Waals surface area contributed by atoms with Crippen LogP contribution in [0.25, 0.3) is 0 Å². The average molecular weight is 521 g/mol. The van der Waals surface area contributed by atoms with E-state index < -0.39 is 23.6 Å². The van der Waals surface area contributed by atoms with Crippen molar-refractivity contribution in [2.45, 2.75) is 45.1 Å². The Kier molecular flexibility index (Phi) is 9.46. The van der Waals surface area contributed by atoms with Crippen LogP contribution in [0.15, 0.2) is 72.8 Å². The maximum absolute atomic E-state index is 14.0. The lowest BCUT2D eigenvalue weighted by molar-refractivity contribution is 0.0596. The maximum Gasteiger partial charge on any atom is 0.257 e. The summed E-state index contributed by atoms with van der Waals surface area (Å²) in [6, 6.07) is 19.4. The van der Waals surface area contributed by atoms with Crippen LogP contribution < -0.4 is 4.74 Å². The molecule has 0 aliphatic carbocycles. The largest absolute Gasteiger partial charge is 0.491 e. The first-order valence-electron chi connectivity index (χ1n) is 13.3. The predicted octanol–water partition coefficient (Wildman–Crippen LogP) is 6.13. The van der Waals surface area contributed by atoms with Crippen LogP contribution in [0.4, 0.5) is 8.78 Å². The molecule has 2 amide bonds. The molecule has 3 aromatic rings. The van der Waals surface area contributed by atoms with Gasteiger partial charge in [-0.1, -0.05) is 55.3 Å². The number of hydrogen-bond acceptors (Lipinski definition) is 3. The van der Waals surface area contributed by atoms with Crippen LogP contribution in [0, 0.1) is 11.6 Å². The van der Waals surface area contributed by atoms with E-state index >= 15 is 0 Å². The van der Waals surface area contributed by atoms with Crippen LogP contribution in [0.5, 0.6) is 5.75 Å². The number of ether oxygens (including phenoxy) is 1. The van der Waals surface area contributed by atoms with Gasteiger partial charge in [0, 0.05) is 31.3 Å². The normalized spacial score (nSPS) is 17.3. The van der Waals surface area contributed by atoms with E-state index in [1.54, 1.807) is 17.0 Å². The van der Waals surface area contributed by atoms with Crippen LogP contribution in [0.3, 0.4) is 0 Å². The second-order valence-electron chi connectivity index (χ2n) is 9.61. The van der Waals surface area contributed by atoms with Gasteiger partial charge in [0.2, 0.25) is 0 Å². The second kappa shape index (κ2) is 13.2. The highest BCUT2D eigenvalue weighted by Gasteiger charge is 2.28. The fourth-order valence-electron chi connectivity index (χ4n) is 4.91. The third-order valence-electron chi connectivity index (χ3n) is 6.92. The van der Waals surface area contributed by atoms with E-state index in [-0.39, 0.29) is 18.1 Å². The first-order chi connectivity index (χ1) is 18.5. The van der Waals surface area contributed by atoms with E-state index in [0.717, 1.165) is 49.4 Å². The van der Waals surface area contributed by atoms with Crippen LogP contribution in [-0.2, 0) is 6.42 Å². The molecule has 1 aliphatic heterocycles. The molecule has 7 heteroatoms. The Balaban J connectivity index is 1.71. The van der Waals surface area contributed by atoms with Gasteiger partial charge in [-0.15, -0.1) is 0 Å². The number of carbonyl (C=O) groups is 2. The van der Waals surface area contributed by atoms with Crippen molar-refractivity contribution in [2.75, 3.05) is 26.2 Å². The van der Waals surface area contributed by atoms with Crippen molar-refractivity contribution in [3.8, 4) is 5.75 Å². The molecule has 0 N–H and O–H groups in total. The molecule has 1 heterocycles. The maximum atomic E-state index is 14.0. The predicted molar refractivity (Wildman–Crippen MR) is 143 cm³/mol. The third-order valence-corrected chi connectivity index (χ3v) is 6.92. The number of nitrogens with zero attached hydrogens (tertiary/aromatic N) is 2. The summed E-state index contributed by atoms with van der Waals surface area (Å²) in [6.07, 6.45) is 3.83. The van der Waals surface area contributed by atoms with E-state index in [0.29, 0.717) is 37.4 Å². The lowest BCUT2D eigenvalue weighted by Crippen LogP contribution is -2.46. The Labute approximate surface area is 223 Å². The number of hydrogen-bond donors (Lipinski definition) is 0. The van der Waals surface area contributed by atoms with E-state index in [1.807, 2.05) is 54.3 Å². The minimum atomic E-state index is -0.792. The first-order valence-corrected chi connectivity index (χ1v) is 13.3. The summed E-state index contributed by atoms with van der Waals surface area (Å²) in [7, 11) is 0. The molecule has 0 saturated heterocycles. The van der Waals surface area contributed by atoms with Gasteiger partial charge in [0.05, 0.1) is 11.6 Å². The molecule has 0 saturated carbocycles. The van der Waals surface area contributed by atoms with E-state index in [1.165, 1.54) is 0 Å². The summed E-state index contributed by atoms with van der Waals surface area (Å²) in [5.41, 5.74) is 1.46. The average Bonchev–Trinajstić information content (AvgIpc) is 2.92. The second-order valence-corrected chi connectivity index (χ2v) is 9.61. The highest BCUT2D eigenvalue weighted by Crippen LogP contribution is 2.24. The Morgan fingerprint density at radius 3 is 2.26 bits per heavy atom. The molecule has 0 radical (unpaired) electrons. The van der Waals surface area contributed by atoms with Gasteiger partial charge < -0.3 is 14.5 Å². The van der Waals surface area contributed by atoms with Gasteiger partial charge in [-0.3, -0.25) is 9.59 Å². The Morgan fingerprint density at radius 2 is 1.55 bits per heavy atom. The van der Waals surface area contributed by atoms with Crippen molar-refractivity contribution in [2.24, 2.45) is 0 Å². The molecule has 0 unspecified atom stereocenters. The Bertz CT molecular complexity index is 1210. The molecule has 3 aromatic carbocycles. The van der Waals surface area contributed by atoms with Gasteiger partial charge in [-0.25, -0.2) is 8.78 Å². The van der Waals surface area contributed by atoms with E-state index in [9.17, 15) is 18.4 Å². The smallest absolute Gasteiger partial charge is 0.257 e. The minimum absolute atomic E-state index is 0.0316. The first kappa shape index (κ1) is 27.3. The molecule has 1 atom stereocenters. The van der Waals surface area contributed by atoms with Crippen molar-refractivity contribution in [1.29, 1.82) is 0 Å². The van der Waals surface area contributed by atoms with Gasteiger partial charge in [0.25, 0.3) is 11.8 Å². The van der Waals surface area contributed by atoms with Crippen molar-refractivity contribution >= 4 is 11.8 Å². The molecule has 38 heavy (non-hydrogen) atoms. The van der Waals surface area contributed by atoms with Crippen LogP contribution in [0.2, 0.25) is 0 Å². The lowest BCUT2D eigenvalue weighted by atomic mass is 10.0. The van der Waals surface area contributed by atoms with Crippen LogP contribution in [-0.4, -0.2) is 53.9 Å². The SMILES string of the molecule is CCN1CCCCCCN(C(=O)c2cc(F)cc(F)c2)[C@@H](Cc2ccccc2)COc2ccccc2C1=O. The minimum Gasteiger partial charge on any atom is -0.491 e. The molecular weight excluding hydrogens is 486 g/mol. The van der Waals surface area contributed by atoms with Gasteiger partial charge in [0.1, 0.15) is 24.0 Å². The summed E-state index contributed by atoms with van der Waals surface area (Å²) in [5.74, 6) is -1.65. The fourth-order valence-corrected chi connectivity index (χ4v) is 4.91. The van der Waals surface area contributed by atoms with Crippen molar-refractivity contribution < 1.29 is 23.1 Å². The fraction of sp³-hybridized carbons (Fsp3) is 0.355. The molecule has 5 nitrogen and oxygen atoms in total. The summed E-state index contributed by atoms with van der Waals surface area (Å²) < 4.78 is 34.3. The molecular formula is C31H34F2N2O3. The van der Waals surface area contributed by atoms with Crippen LogP contribution >= 0.6 is 0 Å². The highest BCUT2D eigenvalue weighted by molar-refractivity contribution is 5.97. The molecule has 200 valence electrons. The zero-order valence-corrected chi connectivity index (χ0v) is 21.7. The zero-order valence-electron chi connectivity index (χ0n) is 21.7. The number of para-hydroxylation sites is 1. The van der Waals surface area contributed by atoms with Crippen molar-refractivity contribution in [3.63, 3.8) is 0 Å². The molecule has 4 rings (SSSR count). The van der Waals surface area contributed by atoms with Gasteiger partial charge in [0.15, 0.2) is 0 Å². The Morgan fingerprint density at radius 1 is 0.895 bits per heavy atom. The number of benzene rings is 3. The number of fused-ring (bicyclic) bond motifs is 1. The monoisotopic (exact) mass is 520 g/mol. The number of halogens is 2. The zero-order chi connectivity index (χ0) is 26.9. The topological polar surface area (TPSA) is 49.9 Å². The summed E-state index contributed by atoms with van der Waals surface area (Å²) >= 11 is 0. The molecule has 0 fully saturated rings. The standard InChI is InChI=1S/C31H34F2N2O3/c1-2-34-16-10-3-4-11-17-35(30(36)24-19-25(32)21-26(33)20-24)27(18-23-12-6-5-7-13-23)22-38-29-15-9-8-14-28(29)31(34)37/h5-9,12-15,19-21,27H,2-4,10-11,16-18,22H2,1H3/t27-/m0/s1. The molecule has 0 spiro atoms. The number of carbonyl (C=O) groups excluding carboxylic acids is 2. The Hall–Kier alpha value is -3.74. The number of amides is 2. The van der Waals surface area contributed by atoms with Crippen molar-refractivity contribution in [1.82, 2.24) is 9.80 Å². The molecule has 0 bridgehead atoms. The van der Waals surface area contributed by atoms with Gasteiger partial charge in [-0.05, 0) is 56.0 Å². The van der Waals surface area contributed by atoms with Crippen molar-refractivity contribution in [3.05, 3.63) is 101 Å². The third kappa shape index (κ3) is 6.97. The summed E-state index contributed by atoms with van der Waals surface area (Å²) in [5, 5.41) is 0.